The maximum Gasteiger partial charge on any atom is -0.0295 e. The molecule has 2 bridgehead atoms. The van der Waals surface area contributed by atoms with Gasteiger partial charge in [-0.25, -0.2) is 0 Å². The Morgan fingerprint density at radius 2 is 2.17 bits per heavy atom. The predicted octanol–water partition coefficient (Wildman–Crippen LogP) is 4.00. The van der Waals surface area contributed by atoms with Gasteiger partial charge in [0.2, 0.25) is 0 Å². The molecular formula is C12H22. The van der Waals surface area contributed by atoms with E-state index < -0.39 is 0 Å². The van der Waals surface area contributed by atoms with E-state index >= 15 is 0 Å². The second kappa shape index (κ2) is 3.05. The van der Waals surface area contributed by atoms with Crippen molar-refractivity contribution in [2.24, 2.45) is 17.3 Å². The van der Waals surface area contributed by atoms with Crippen LogP contribution in [0.4, 0.5) is 0 Å². The molecule has 2 aliphatic rings. The third kappa shape index (κ3) is 1.30. The molecule has 0 amide bonds. The van der Waals surface area contributed by atoms with Crippen molar-refractivity contribution >= 4 is 0 Å². The average Bonchev–Trinajstić information content (AvgIpc) is 2.60. The standard InChI is InChI=1S/C12H22/c1-3-4-7-12(2)9-10-5-6-11(12)8-10/h10-11H,3-9H2,1-2H3. The van der Waals surface area contributed by atoms with Crippen LogP contribution < -0.4 is 0 Å². The van der Waals surface area contributed by atoms with E-state index in [4.69, 9.17) is 0 Å². The lowest BCUT2D eigenvalue weighted by atomic mass is 9.72. The Balaban J connectivity index is 1.93. The van der Waals surface area contributed by atoms with E-state index in [0.29, 0.717) is 0 Å². The zero-order valence-corrected chi connectivity index (χ0v) is 8.60. The topological polar surface area (TPSA) is 0 Å². The summed E-state index contributed by atoms with van der Waals surface area (Å²) in [5.41, 5.74) is 0.763. The fourth-order valence-electron chi connectivity index (χ4n) is 3.61. The Morgan fingerprint density at radius 3 is 2.67 bits per heavy atom. The normalized spacial score (nSPS) is 45.5. The van der Waals surface area contributed by atoms with Crippen LogP contribution in [-0.2, 0) is 0 Å². The van der Waals surface area contributed by atoms with Crippen LogP contribution in [-0.4, -0.2) is 0 Å². The number of unbranched alkanes of at least 4 members (excludes halogenated alkanes) is 1. The zero-order chi connectivity index (χ0) is 8.60. The molecule has 0 aromatic rings. The first-order valence-electron chi connectivity index (χ1n) is 5.74. The molecule has 0 heterocycles. The molecular weight excluding hydrogens is 144 g/mol. The van der Waals surface area contributed by atoms with Crippen LogP contribution in [0.1, 0.15) is 58.8 Å². The quantitative estimate of drug-likeness (QED) is 0.594. The fraction of sp³-hybridized carbons (Fsp3) is 1.00. The van der Waals surface area contributed by atoms with Gasteiger partial charge >= 0.3 is 0 Å². The van der Waals surface area contributed by atoms with E-state index in [-0.39, 0.29) is 0 Å². The highest BCUT2D eigenvalue weighted by atomic mass is 14.5. The first-order valence-corrected chi connectivity index (χ1v) is 5.74. The molecule has 0 spiro atoms. The van der Waals surface area contributed by atoms with Crippen LogP contribution in [0.25, 0.3) is 0 Å². The molecule has 0 N–H and O–H groups in total. The van der Waals surface area contributed by atoms with Crippen LogP contribution in [0, 0.1) is 17.3 Å². The van der Waals surface area contributed by atoms with Gasteiger partial charge in [-0.1, -0.05) is 33.1 Å². The van der Waals surface area contributed by atoms with Gasteiger partial charge in [0.1, 0.15) is 0 Å². The number of hydrogen-bond donors (Lipinski definition) is 0. The third-order valence-electron chi connectivity index (χ3n) is 4.38. The van der Waals surface area contributed by atoms with E-state index in [9.17, 15) is 0 Å². The Labute approximate surface area is 76.7 Å². The summed E-state index contributed by atoms with van der Waals surface area (Å²) < 4.78 is 0. The Hall–Kier alpha value is 0. The minimum absolute atomic E-state index is 0.763. The fourth-order valence-corrected chi connectivity index (χ4v) is 3.61. The molecule has 70 valence electrons. The van der Waals surface area contributed by atoms with E-state index in [1.165, 1.54) is 19.3 Å². The van der Waals surface area contributed by atoms with E-state index in [0.717, 1.165) is 17.3 Å². The Kier molecular flexibility index (Phi) is 2.18. The van der Waals surface area contributed by atoms with Crippen LogP contribution in [0.3, 0.4) is 0 Å². The summed E-state index contributed by atoms with van der Waals surface area (Å²) in [7, 11) is 0. The molecule has 12 heavy (non-hydrogen) atoms. The van der Waals surface area contributed by atoms with Crippen molar-refractivity contribution in [3.8, 4) is 0 Å². The molecule has 0 aromatic heterocycles. The van der Waals surface area contributed by atoms with E-state index in [1.807, 2.05) is 0 Å². The molecule has 2 saturated carbocycles. The molecule has 0 nitrogen and oxygen atoms in total. The molecule has 0 aromatic carbocycles. The van der Waals surface area contributed by atoms with Gasteiger partial charge in [0.05, 0.1) is 0 Å². The maximum absolute atomic E-state index is 2.55. The van der Waals surface area contributed by atoms with Gasteiger partial charge in [-0.2, -0.15) is 0 Å². The van der Waals surface area contributed by atoms with Crippen molar-refractivity contribution in [1.82, 2.24) is 0 Å². The van der Waals surface area contributed by atoms with Crippen LogP contribution >= 0.6 is 0 Å². The molecule has 0 radical (unpaired) electrons. The summed E-state index contributed by atoms with van der Waals surface area (Å²) in [6.45, 7) is 4.86. The third-order valence-corrected chi connectivity index (χ3v) is 4.38. The van der Waals surface area contributed by atoms with Gasteiger partial charge in [-0.3, -0.25) is 0 Å². The molecule has 0 saturated heterocycles. The van der Waals surface area contributed by atoms with Crippen molar-refractivity contribution in [2.75, 3.05) is 0 Å². The molecule has 0 heteroatoms. The number of hydrogen-bond acceptors (Lipinski definition) is 0. The Bertz CT molecular complexity index is 161. The van der Waals surface area contributed by atoms with Crippen LogP contribution in [0.2, 0.25) is 0 Å². The molecule has 2 fully saturated rings. The van der Waals surface area contributed by atoms with Gasteiger partial charge in [0, 0.05) is 0 Å². The lowest BCUT2D eigenvalue weighted by Crippen LogP contribution is -2.23. The minimum Gasteiger partial charge on any atom is -0.0654 e. The number of rotatable bonds is 3. The zero-order valence-electron chi connectivity index (χ0n) is 8.60. The SMILES string of the molecule is CCCCC1(C)CC2CCC1C2. The van der Waals surface area contributed by atoms with E-state index in [1.54, 1.807) is 25.7 Å². The molecule has 2 aliphatic carbocycles. The van der Waals surface area contributed by atoms with Crippen molar-refractivity contribution in [3.63, 3.8) is 0 Å². The van der Waals surface area contributed by atoms with Gasteiger partial charge in [-0.05, 0) is 42.9 Å². The second-order valence-corrected chi connectivity index (χ2v) is 5.34. The van der Waals surface area contributed by atoms with Crippen molar-refractivity contribution in [3.05, 3.63) is 0 Å². The maximum atomic E-state index is 2.55. The summed E-state index contributed by atoms with van der Waals surface area (Å²) in [5, 5.41) is 0. The lowest BCUT2D eigenvalue weighted by molar-refractivity contribution is 0.169. The van der Waals surface area contributed by atoms with Crippen molar-refractivity contribution < 1.29 is 0 Å². The highest BCUT2D eigenvalue weighted by Gasteiger charge is 2.46. The number of fused-ring (bicyclic) bond motifs is 2. The summed E-state index contributed by atoms with van der Waals surface area (Å²) in [4.78, 5) is 0. The smallest absolute Gasteiger partial charge is 0.0295 e. The van der Waals surface area contributed by atoms with E-state index in [2.05, 4.69) is 13.8 Å². The predicted molar refractivity (Wildman–Crippen MR) is 53.1 cm³/mol. The summed E-state index contributed by atoms with van der Waals surface area (Å²) >= 11 is 0. The van der Waals surface area contributed by atoms with Gasteiger partial charge in [0.25, 0.3) is 0 Å². The highest BCUT2D eigenvalue weighted by molar-refractivity contribution is 4.97. The largest absolute Gasteiger partial charge is 0.0654 e. The Morgan fingerprint density at radius 1 is 1.33 bits per heavy atom. The second-order valence-electron chi connectivity index (χ2n) is 5.34. The summed E-state index contributed by atoms with van der Waals surface area (Å²) in [6, 6.07) is 0. The van der Waals surface area contributed by atoms with Crippen LogP contribution in [0.15, 0.2) is 0 Å². The molecule has 3 unspecified atom stereocenters. The molecule has 3 atom stereocenters. The monoisotopic (exact) mass is 166 g/mol. The first kappa shape index (κ1) is 8.59. The average molecular weight is 166 g/mol. The van der Waals surface area contributed by atoms with Gasteiger partial charge in [0.15, 0.2) is 0 Å². The van der Waals surface area contributed by atoms with Gasteiger partial charge < -0.3 is 0 Å². The van der Waals surface area contributed by atoms with Crippen LogP contribution in [0.5, 0.6) is 0 Å². The van der Waals surface area contributed by atoms with Crippen molar-refractivity contribution in [1.29, 1.82) is 0 Å². The lowest BCUT2D eigenvalue weighted by Gasteiger charge is -2.34. The molecule has 2 rings (SSSR count). The molecule has 0 aliphatic heterocycles. The summed E-state index contributed by atoms with van der Waals surface area (Å²) in [5.74, 6) is 2.23. The minimum atomic E-state index is 0.763. The first-order chi connectivity index (χ1) is 5.74. The van der Waals surface area contributed by atoms with Crippen molar-refractivity contribution in [2.45, 2.75) is 58.8 Å². The summed E-state index contributed by atoms with van der Waals surface area (Å²) in [6.07, 6.45) is 10.6. The highest BCUT2D eigenvalue weighted by Crippen LogP contribution is 2.57. The van der Waals surface area contributed by atoms with Gasteiger partial charge in [-0.15, -0.1) is 0 Å².